The Hall–Kier alpha value is -2.84. The van der Waals surface area contributed by atoms with E-state index in [0.29, 0.717) is 17.8 Å². The molecule has 3 aromatic carbocycles. The molecule has 0 aromatic heterocycles. The zero-order valence-electron chi connectivity index (χ0n) is 16.0. The molecule has 30 heavy (non-hydrogen) atoms. The molecule has 1 amide bonds. The highest BCUT2D eigenvalue weighted by molar-refractivity contribution is 7.98. The van der Waals surface area contributed by atoms with Crippen LogP contribution in [-0.4, -0.2) is 26.6 Å². The zero-order valence-corrected chi connectivity index (χ0v) is 17.7. The van der Waals surface area contributed by atoms with Crippen molar-refractivity contribution < 1.29 is 17.6 Å². The van der Waals surface area contributed by atoms with E-state index < -0.39 is 15.8 Å². The van der Waals surface area contributed by atoms with Crippen LogP contribution in [0.15, 0.2) is 83.8 Å². The van der Waals surface area contributed by atoms with Crippen LogP contribution in [0, 0.1) is 5.82 Å². The molecule has 156 valence electrons. The number of thioether (sulfide) groups is 1. The zero-order chi connectivity index (χ0) is 21.4. The van der Waals surface area contributed by atoms with Gasteiger partial charge in [-0.2, -0.15) is 11.8 Å². The third kappa shape index (κ3) is 6.33. The third-order valence-electron chi connectivity index (χ3n) is 4.17. The Morgan fingerprint density at radius 3 is 2.23 bits per heavy atom. The summed E-state index contributed by atoms with van der Waals surface area (Å²) < 4.78 is 40.0. The quantitative estimate of drug-likeness (QED) is 0.483. The van der Waals surface area contributed by atoms with Crippen LogP contribution in [0.1, 0.15) is 15.9 Å². The first-order chi connectivity index (χ1) is 14.4. The molecule has 0 saturated heterocycles. The molecule has 0 bridgehead atoms. The van der Waals surface area contributed by atoms with Crippen LogP contribution < -0.4 is 10.0 Å². The molecule has 3 aromatic rings. The number of benzene rings is 3. The Morgan fingerprint density at radius 2 is 1.57 bits per heavy atom. The van der Waals surface area contributed by atoms with Crippen LogP contribution >= 0.6 is 11.8 Å². The number of carbonyl (C=O) groups excluding carboxylic acids is 1. The lowest BCUT2D eigenvalue weighted by atomic mass is 10.2. The molecule has 0 fully saturated rings. The van der Waals surface area contributed by atoms with Gasteiger partial charge in [-0.25, -0.2) is 12.8 Å². The molecule has 0 aliphatic rings. The Balaban J connectivity index is 1.47. The fraction of sp³-hybridized carbons (Fsp3) is 0.136. The molecule has 0 heterocycles. The van der Waals surface area contributed by atoms with Gasteiger partial charge in [0.25, 0.3) is 15.9 Å². The van der Waals surface area contributed by atoms with Gasteiger partial charge in [0.05, 0.1) is 4.90 Å². The summed E-state index contributed by atoms with van der Waals surface area (Å²) in [6.45, 7) is 0.537. The highest BCUT2D eigenvalue weighted by atomic mass is 32.2. The monoisotopic (exact) mass is 444 g/mol. The summed E-state index contributed by atoms with van der Waals surface area (Å²) in [5, 5.41) is 2.85. The predicted molar refractivity (Wildman–Crippen MR) is 119 cm³/mol. The summed E-state index contributed by atoms with van der Waals surface area (Å²) >= 11 is 1.74. The van der Waals surface area contributed by atoms with Gasteiger partial charge >= 0.3 is 0 Å². The minimum atomic E-state index is -3.83. The molecule has 8 heteroatoms. The molecule has 0 aliphatic heterocycles. The second-order valence-electron chi connectivity index (χ2n) is 6.43. The van der Waals surface area contributed by atoms with E-state index in [1.54, 1.807) is 23.9 Å². The first-order valence-electron chi connectivity index (χ1n) is 9.22. The summed E-state index contributed by atoms with van der Waals surface area (Å²) in [6, 6.07) is 20.8. The lowest BCUT2D eigenvalue weighted by molar-refractivity contribution is 0.0956. The summed E-state index contributed by atoms with van der Waals surface area (Å²) in [6.07, 6.45) is 0. The molecule has 0 atom stereocenters. The molecule has 0 aliphatic carbocycles. The average Bonchev–Trinajstić information content (AvgIpc) is 2.74. The number of amides is 1. The standard InChI is InChI=1S/C22H21FN2O3S2/c23-19-8-12-21(13-9-19)30(27,28)25-20-10-6-18(7-11-20)22(26)24-14-15-29-16-17-4-2-1-3-5-17/h1-13,25H,14-16H2,(H,24,26). The minimum Gasteiger partial charge on any atom is -0.351 e. The summed E-state index contributed by atoms with van der Waals surface area (Å²) in [7, 11) is -3.83. The second kappa shape index (κ2) is 10.3. The highest BCUT2D eigenvalue weighted by Gasteiger charge is 2.14. The molecule has 0 radical (unpaired) electrons. The van der Waals surface area contributed by atoms with Gasteiger partial charge in [0.1, 0.15) is 5.82 Å². The minimum absolute atomic E-state index is 0.0428. The maximum Gasteiger partial charge on any atom is 0.261 e. The Labute approximate surface area is 179 Å². The van der Waals surface area contributed by atoms with Crippen molar-refractivity contribution in [3.63, 3.8) is 0 Å². The topological polar surface area (TPSA) is 75.3 Å². The summed E-state index contributed by atoms with van der Waals surface area (Å²) in [4.78, 5) is 12.2. The Bertz CT molecular complexity index is 1070. The predicted octanol–water partition coefficient (Wildman–Crippen LogP) is 4.29. The Kier molecular flexibility index (Phi) is 7.48. The number of halogens is 1. The van der Waals surface area contributed by atoms with E-state index in [9.17, 15) is 17.6 Å². The lowest BCUT2D eigenvalue weighted by Crippen LogP contribution is -2.25. The van der Waals surface area contributed by atoms with Gasteiger partial charge in [-0.1, -0.05) is 30.3 Å². The fourth-order valence-electron chi connectivity index (χ4n) is 2.62. The van der Waals surface area contributed by atoms with E-state index in [-0.39, 0.29) is 10.8 Å². The molecular weight excluding hydrogens is 423 g/mol. The van der Waals surface area contributed by atoms with Crippen LogP contribution in [0.5, 0.6) is 0 Å². The van der Waals surface area contributed by atoms with Crippen LogP contribution in [0.3, 0.4) is 0 Å². The average molecular weight is 445 g/mol. The Morgan fingerprint density at radius 1 is 0.900 bits per heavy atom. The molecule has 0 unspecified atom stereocenters. The number of sulfonamides is 1. The van der Waals surface area contributed by atoms with E-state index in [4.69, 9.17) is 0 Å². The smallest absolute Gasteiger partial charge is 0.261 e. The molecule has 0 saturated carbocycles. The molecule has 5 nitrogen and oxygen atoms in total. The first-order valence-corrected chi connectivity index (χ1v) is 11.9. The van der Waals surface area contributed by atoms with E-state index >= 15 is 0 Å². The summed E-state index contributed by atoms with van der Waals surface area (Å²) in [5.41, 5.74) is 1.99. The van der Waals surface area contributed by atoms with E-state index in [1.165, 1.54) is 29.8 Å². The van der Waals surface area contributed by atoms with Gasteiger partial charge < -0.3 is 5.32 Å². The van der Waals surface area contributed by atoms with Gasteiger partial charge in [0, 0.05) is 29.3 Å². The fourth-order valence-corrected chi connectivity index (χ4v) is 4.50. The van der Waals surface area contributed by atoms with Gasteiger partial charge in [0.15, 0.2) is 0 Å². The van der Waals surface area contributed by atoms with Gasteiger partial charge in [-0.15, -0.1) is 0 Å². The van der Waals surface area contributed by atoms with Crippen molar-refractivity contribution in [1.29, 1.82) is 0 Å². The van der Waals surface area contributed by atoms with E-state index in [2.05, 4.69) is 22.2 Å². The van der Waals surface area contributed by atoms with Crippen molar-refractivity contribution in [2.75, 3.05) is 17.0 Å². The normalized spacial score (nSPS) is 11.1. The van der Waals surface area contributed by atoms with E-state index in [0.717, 1.165) is 23.6 Å². The van der Waals surface area contributed by atoms with Crippen molar-refractivity contribution in [3.05, 3.63) is 95.8 Å². The maximum absolute atomic E-state index is 13.0. The lowest BCUT2D eigenvalue weighted by Gasteiger charge is -2.09. The van der Waals surface area contributed by atoms with Crippen LogP contribution in [0.25, 0.3) is 0 Å². The largest absolute Gasteiger partial charge is 0.351 e. The highest BCUT2D eigenvalue weighted by Crippen LogP contribution is 2.17. The second-order valence-corrected chi connectivity index (χ2v) is 9.22. The van der Waals surface area contributed by atoms with Gasteiger partial charge in [0.2, 0.25) is 0 Å². The maximum atomic E-state index is 13.0. The number of rotatable bonds is 9. The van der Waals surface area contributed by atoms with E-state index in [1.807, 2.05) is 18.2 Å². The number of hydrogen-bond donors (Lipinski definition) is 2. The number of carbonyl (C=O) groups is 1. The van der Waals surface area contributed by atoms with Gasteiger partial charge in [-0.05, 0) is 54.1 Å². The molecule has 2 N–H and O–H groups in total. The van der Waals surface area contributed by atoms with Crippen molar-refractivity contribution in [1.82, 2.24) is 5.32 Å². The molecule has 0 spiro atoms. The third-order valence-corrected chi connectivity index (χ3v) is 6.59. The number of anilines is 1. The summed E-state index contributed by atoms with van der Waals surface area (Å²) in [5.74, 6) is 0.946. The molecular formula is C22H21FN2O3S2. The number of nitrogens with one attached hydrogen (secondary N) is 2. The van der Waals surface area contributed by atoms with Crippen molar-refractivity contribution in [3.8, 4) is 0 Å². The first kappa shape index (κ1) is 21.9. The van der Waals surface area contributed by atoms with Crippen LogP contribution in [-0.2, 0) is 15.8 Å². The number of hydrogen-bond acceptors (Lipinski definition) is 4. The SMILES string of the molecule is O=C(NCCSCc1ccccc1)c1ccc(NS(=O)(=O)c2ccc(F)cc2)cc1. The van der Waals surface area contributed by atoms with Crippen molar-refractivity contribution >= 4 is 33.4 Å². The van der Waals surface area contributed by atoms with Crippen molar-refractivity contribution in [2.45, 2.75) is 10.6 Å². The van der Waals surface area contributed by atoms with Crippen molar-refractivity contribution in [2.24, 2.45) is 0 Å². The van der Waals surface area contributed by atoms with Gasteiger partial charge in [-0.3, -0.25) is 9.52 Å². The molecule has 3 rings (SSSR count). The van der Waals surface area contributed by atoms with Crippen LogP contribution in [0.2, 0.25) is 0 Å². The van der Waals surface area contributed by atoms with Crippen LogP contribution in [0.4, 0.5) is 10.1 Å².